The number of nitrogens with one attached hydrogen (secondary N) is 2. The Balaban J connectivity index is 1.69. The third-order valence-electron chi connectivity index (χ3n) is 4.60. The molecule has 0 aliphatic heterocycles. The third kappa shape index (κ3) is 8.53. The quantitative estimate of drug-likeness (QED) is 0.515. The van der Waals surface area contributed by atoms with Gasteiger partial charge in [-0.3, -0.25) is 9.59 Å². The number of aryl methyl sites for hydroxylation is 2. The van der Waals surface area contributed by atoms with Crippen LogP contribution in [0, 0.1) is 13.8 Å². The van der Waals surface area contributed by atoms with E-state index in [-0.39, 0.29) is 23.3 Å². The average Bonchev–Trinajstić information content (AvgIpc) is 2.73. The normalized spacial score (nSPS) is 10.5. The molecule has 0 radical (unpaired) electrons. The van der Waals surface area contributed by atoms with Crippen LogP contribution in [-0.4, -0.2) is 43.1 Å². The molecule has 0 unspecified atom stereocenters. The summed E-state index contributed by atoms with van der Waals surface area (Å²) in [6.07, 6.45) is 0.691. The van der Waals surface area contributed by atoms with E-state index in [4.69, 9.17) is 9.47 Å². The van der Waals surface area contributed by atoms with Gasteiger partial charge in [-0.25, -0.2) is 0 Å². The van der Waals surface area contributed by atoms with E-state index in [0.29, 0.717) is 26.2 Å². The van der Waals surface area contributed by atoms with Crippen LogP contribution in [0.2, 0.25) is 0 Å². The molecule has 0 fully saturated rings. The Morgan fingerprint density at radius 1 is 0.871 bits per heavy atom. The van der Waals surface area contributed by atoms with Gasteiger partial charge in [0.25, 0.3) is 0 Å². The van der Waals surface area contributed by atoms with E-state index in [0.717, 1.165) is 28.3 Å². The molecular formula is C24H32N2O4S. The first-order valence-electron chi connectivity index (χ1n) is 10.5. The van der Waals surface area contributed by atoms with Crippen LogP contribution in [0.3, 0.4) is 0 Å². The van der Waals surface area contributed by atoms with Gasteiger partial charge < -0.3 is 20.1 Å². The molecule has 0 bridgehead atoms. The summed E-state index contributed by atoms with van der Waals surface area (Å²) in [6, 6.07) is 11.6. The van der Waals surface area contributed by atoms with Crippen LogP contribution in [0.4, 0.5) is 5.69 Å². The number of carbonyl (C=O) groups is 2. The largest absolute Gasteiger partial charge is 0.490 e. The third-order valence-corrected chi connectivity index (χ3v) is 5.53. The Morgan fingerprint density at radius 3 is 2.29 bits per heavy atom. The number of hydrogen-bond donors (Lipinski definition) is 2. The fourth-order valence-electron chi connectivity index (χ4n) is 2.90. The molecule has 6 nitrogen and oxygen atoms in total. The van der Waals surface area contributed by atoms with Crippen molar-refractivity contribution in [2.45, 2.75) is 34.1 Å². The maximum atomic E-state index is 12.1. The summed E-state index contributed by atoms with van der Waals surface area (Å²) in [4.78, 5) is 24.1. The molecular weight excluding hydrogens is 412 g/mol. The molecule has 0 aliphatic carbocycles. The minimum Gasteiger partial charge on any atom is -0.490 e. The van der Waals surface area contributed by atoms with Crippen molar-refractivity contribution in [2.75, 3.05) is 36.6 Å². The molecule has 7 heteroatoms. The van der Waals surface area contributed by atoms with Crippen molar-refractivity contribution in [3.63, 3.8) is 0 Å². The Labute approximate surface area is 189 Å². The number of anilines is 1. The SMILES string of the molecule is CCOc1ccc(CCNC(=O)CSCC(=O)Nc2ccc(C)c(C)c2)cc1OCC. The summed E-state index contributed by atoms with van der Waals surface area (Å²) in [5.41, 5.74) is 4.15. The summed E-state index contributed by atoms with van der Waals surface area (Å²) in [7, 11) is 0. The van der Waals surface area contributed by atoms with Crippen LogP contribution in [0.5, 0.6) is 11.5 Å². The standard InChI is InChI=1S/C24H32N2O4S/c1-5-29-21-10-8-19(14-22(21)30-6-2)11-12-25-23(27)15-31-16-24(28)26-20-9-7-17(3)18(4)13-20/h7-10,13-14H,5-6,11-12,15-16H2,1-4H3,(H,25,27)(H,26,28). The lowest BCUT2D eigenvalue weighted by Gasteiger charge is -2.12. The van der Waals surface area contributed by atoms with Gasteiger partial charge in [0.15, 0.2) is 11.5 Å². The van der Waals surface area contributed by atoms with Crippen LogP contribution in [0.25, 0.3) is 0 Å². The maximum Gasteiger partial charge on any atom is 0.234 e. The Hall–Kier alpha value is -2.67. The lowest BCUT2D eigenvalue weighted by Crippen LogP contribution is -2.28. The van der Waals surface area contributed by atoms with Crippen LogP contribution in [0.1, 0.15) is 30.5 Å². The molecule has 168 valence electrons. The molecule has 2 amide bonds. The highest BCUT2D eigenvalue weighted by molar-refractivity contribution is 8.00. The predicted molar refractivity (Wildman–Crippen MR) is 127 cm³/mol. The van der Waals surface area contributed by atoms with Gasteiger partial charge in [0.05, 0.1) is 24.7 Å². The van der Waals surface area contributed by atoms with Crippen molar-refractivity contribution in [2.24, 2.45) is 0 Å². The number of hydrogen-bond acceptors (Lipinski definition) is 5. The van der Waals surface area contributed by atoms with Gasteiger partial charge in [-0.1, -0.05) is 12.1 Å². The second kappa shape index (κ2) is 12.9. The molecule has 2 rings (SSSR count). The number of amides is 2. The van der Waals surface area contributed by atoms with Crippen molar-refractivity contribution in [1.82, 2.24) is 5.32 Å². The van der Waals surface area contributed by atoms with Crippen molar-refractivity contribution in [3.8, 4) is 11.5 Å². The van der Waals surface area contributed by atoms with E-state index in [1.165, 1.54) is 17.3 Å². The summed E-state index contributed by atoms with van der Waals surface area (Å²) < 4.78 is 11.2. The Bertz CT molecular complexity index is 886. The van der Waals surface area contributed by atoms with Gasteiger partial charge in [0.1, 0.15) is 0 Å². The van der Waals surface area contributed by atoms with Crippen molar-refractivity contribution >= 4 is 29.3 Å². The van der Waals surface area contributed by atoms with Crippen LogP contribution >= 0.6 is 11.8 Å². The molecule has 0 spiro atoms. The zero-order valence-electron chi connectivity index (χ0n) is 18.7. The molecule has 0 heterocycles. The van der Waals surface area contributed by atoms with E-state index in [2.05, 4.69) is 10.6 Å². The molecule has 2 N–H and O–H groups in total. The Morgan fingerprint density at radius 2 is 1.58 bits per heavy atom. The minimum absolute atomic E-state index is 0.0834. The van der Waals surface area contributed by atoms with Gasteiger partial charge in [0.2, 0.25) is 11.8 Å². The lowest BCUT2D eigenvalue weighted by molar-refractivity contribution is -0.118. The van der Waals surface area contributed by atoms with Crippen LogP contribution < -0.4 is 20.1 Å². The van der Waals surface area contributed by atoms with E-state index < -0.39 is 0 Å². The average molecular weight is 445 g/mol. The van der Waals surface area contributed by atoms with Gasteiger partial charge in [-0.15, -0.1) is 11.8 Å². The van der Waals surface area contributed by atoms with Crippen molar-refractivity contribution in [3.05, 3.63) is 53.1 Å². The number of ether oxygens (including phenoxy) is 2. The highest BCUT2D eigenvalue weighted by atomic mass is 32.2. The molecule has 2 aromatic rings. The van der Waals surface area contributed by atoms with Gasteiger partial charge in [0, 0.05) is 12.2 Å². The predicted octanol–water partition coefficient (Wildman–Crippen LogP) is 4.13. The van der Waals surface area contributed by atoms with E-state index in [9.17, 15) is 9.59 Å². The lowest BCUT2D eigenvalue weighted by atomic mass is 10.1. The first-order valence-corrected chi connectivity index (χ1v) is 11.7. The maximum absolute atomic E-state index is 12.1. The summed E-state index contributed by atoms with van der Waals surface area (Å²) in [5.74, 6) is 1.73. The number of thioether (sulfide) groups is 1. The van der Waals surface area contributed by atoms with E-state index in [1.807, 2.05) is 64.1 Å². The first-order chi connectivity index (χ1) is 14.9. The monoisotopic (exact) mass is 444 g/mol. The molecule has 0 aliphatic rings. The number of benzene rings is 2. The highest BCUT2D eigenvalue weighted by Gasteiger charge is 2.09. The second-order valence-electron chi connectivity index (χ2n) is 7.09. The fourth-order valence-corrected chi connectivity index (χ4v) is 3.55. The van der Waals surface area contributed by atoms with E-state index >= 15 is 0 Å². The van der Waals surface area contributed by atoms with Crippen LogP contribution in [-0.2, 0) is 16.0 Å². The molecule has 2 aromatic carbocycles. The smallest absolute Gasteiger partial charge is 0.234 e. The van der Waals surface area contributed by atoms with Gasteiger partial charge in [-0.2, -0.15) is 0 Å². The zero-order chi connectivity index (χ0) is 22.6. The molecule has 0 saturated carbocycles. The molecule has 0 atom stereocenters. The topological polar surface area (TPSA) is 76.7 Å². The molecule has 0 aromatic heterocycles. The summed E-state index contributed by atoms with van der Waals surface area (Å²) in [6.45, 7) is 9.57. The van der Waals surface area contributed by atoms with Crippen LogP contribution in [0.15, 0.2) is 36.4 Å². The first kappa shape index (κ1) is 24.6. The second-order valence-corrected chi connectivity index (χ2v) is 8.07. The number of rotatable bonds is 12. The fraction of sp³-hybridized carbons (Fsp3) is 0.417. The van der Waals surface area contributed by atoms with Gasteiger partial charge in [-0.05, 0) is 75.1 Å². The van der Waals surface area contributed by atoms with E-state index in [1.54, 1.807) is 0 Å². The van der Waals surface area contributed by atoms with Crippen molar-refractivity contribution < 1.29 is 19.1 Å². The molecule has 0 saturated heterocycles. The summed E-state index contributed by atoms with van der Waals surface area (Å²) in [5, 5.41) is 5.76. The van der Waals surface area contributed by atoms with Crippen molar-refractivity contribution in [1.29, 1.82) is 0 Å². The highest BCUT2D eigenvalue weighted by Crippen LogP contribution is 2.28. The zero-order valence-corrected chi connectivity index (χ0v) is 19.6. The summed E-state index contributed by atoms with van der Waals surface area (Å²) >= 11 is 1.30. The minimum atomic E-state index is -0.112. The van der Waals surface area contributed by atoms with Gasteiger partial charge >= 0.3 is 0 Å². The number of carbonyl (C=O) groups excluding carboxylic acids is 2. The molecule has 31 heavy (non-hydrogen) atoms. The Kier molecular flexibility index (Phi) is 10.2.